The lowest BCUT2D eigenvalue weighted by Crippen LogP contribution is -2.22. The largest absolute Gasteiger partial charge is 0.478 e. The number of nitrogens with zero attached hydrogens (tertiary/aromatic N) is 2. The molecule has 2 aromatic rings. The number of benzene rings is 1. The molecule has 0 unspecified atom stereocenters. The number of amidine groups is 1. The molecule has 1 aliphatic heterocycles. The summed E-state index contributed by atoms with van der Waals surface area (Å²) < 4.78 is 32.0. The quantitative estimate of drug-likeness (QED) is 0.931. The Hall–Kier alpha value is -2.41. The van der Waals surface area contributed by atoms with Crippen LogP contribution in [0.1, 0.15) is 18.1 Å². The van der Waals surface area contributed by atoms with Crippen LogP contribution in [0.2, 0.25) is 0 Å². The van der Waals surface area contributed by atoms with Gasteiger partial charge in [-0.2, -0.15) is 0 Å². The number of rotatable bonds is 4. The van der Waals surface area contributed by atoms with Crippen molar-refractivity contribution < 1.29 is 13.2 Å². The van der Waals surface area contributed by atoms with Gasteiger partial charge in [-0.25, -0.2) is 13.4 Å². The second-order valence-electron chi connectivity index (χ2n) is 4.67. The third kappa shape index (κ3) is 2.67. The summed E-state index contributed by atoms with van der Waals surface area (Å²) in [6.07, 6.45) is 1.65. The Balaban J connectivity index is 1.92. The molecule has 0 saturated carbocycles. The topological polar surface area (TPSA) is 80.7 Å². The van der Waals surface area contributed by atoms with Crippen LogP contribution in [0.4, 0.5) is 0 Å². The third-order valence-electron chi connectivity index (χ3n) is 3.20. The van der Waals surface area contributed by atoms with Gasteiger partial charge in [0.1, 0.15) is 5.84 Å². The second-order valence-corrected chi connectivity index (χ2v) is 6.32. The van der Waals surface area contributed by atoms with Crippen LogP contribution in [0, 0.1) is 0 Å². The summed E-state index contributed by atoms with van der Waals surface area (Å²) in [7, 11) is -3.51. The first-order chi connectivity index (χ1) is 10.6. The zero-order chi connectivity index (χ0) is 15.6. The molecular weight excluding hydrogens is 302 g/mol. The Morgan fingerprint density at radius 1 is 1.23 bits per heavy atom. The maximum absolute atomic E-state index is 12.0. The fourth-order valence-electron chi connectivity index (χ4n) is 2.23. The van der Waals surface area contributed by atoms with E-state index in [1.165, 1.54) is 0 Å². The van der Waals surface area contributed by atoms with Crippen molar-refractivity contribution in [3.05, 3.63) is 53.7 Å². The van der Waals surface area contributed by atoms with Crippen molar-refractivity contribution in [1.82, 2.24) is 9.71 Å². The highest BCUT2D eigenvalue weighted by molar-refractivity contribution is 7.90. The Morgan fingerprint density at radius 3 is 2.86 bits per heavy atom. The van der Waals surface area contributed by atoms with E-state index in [0.717, 1.165) is 5.56 Å². The number of aromatic nitrogens is 1. The van der Waals surface area contributed by atoms with Gasteiger partial charge in [0.05, 0.1) is 18.0 Å². The number of fused-ring (bicyclic) bond motifs is 1. The van der Waals surface area contributed by atoms with Gasteiger partial charge in [0.25, 0.3) is 10.0 Å². The first-order valence-electron chi connectivity index (χ1n) is 6.85. The van der Waals surface area contributed by atoms with Crippen LogP contribution >= 0.6 is 0 Å². The molecule has 1 N–H and O–H groups in total. The Kier molecular flexibility index (Phi) is 3.81. The predicted molar refractivity (Wildman–Crippen MR) is 82.4 cm³/mol. The van der Waals surface area contributed by atoms with Gasteiger partial charge in [-0.3, -0.25) is 9.71 Å². The third-order valence-corrected chi connectivity index (χ3v) is 4.60. The maximum Gasteiger partial charge on any atom is 0.263 e. The van der Waals surface area contributed by atoms with Crippen LogP contribution in [0.25, 0.3) is 0 Å². The summed E-state index contributed by atoms with van der Waals surface area (Å²) in [6, 6.07) is 10.4. The average molecular weight is 317 g/mol. The van der Waals surface area contributed by atoms with Crippen LogP contribution in [0.3, 0.4) is 0 Å². The first-order valence-corrected chi connectivity index (χ1v) is 8.33. The summed E-state index contributed by atoms with van der Waals surface area (Å²) in [5.74, 6) is 0.866. The molecule has 1 aromatic heterocycles. The molecule has 0 radical (unpaired) electrons. The number of aliphatic imine (C=N–C) groups is 1. The van der Waals surface area contributed by atoms with E-state index in [1.807, 2.05) is 13.0 Å². The van der Waals surface area contributed by atoms with E-state index in [0.29, 0.717) is 23.9 Å². The molecule has 114 valence electrons. The highest BCUT2D eigenvalue weighted by atomic mass is 32.2. The van der Waals surface area contributed by atoms with Crippen molar-refractivity contribution in [3.8, 4) is 5.88 Å². The summed E-state index contributed by atoms with van der Waals surface area (Å²) >= 11 is 0. The standard InChI is InChI=1S/C15H15N3O3S/c1-2-21-15-11(6-5-9-16-15)10-17-14-12-7-3-4-8-13(12)22(19,20)18-14/h3-9H,2,10H2,1H3,(H,17,18). The van der Waals surface area contributed by atoms with Crippen molar-refractivity contribution in [2.45, 2.75) is 18.4 Å². The van der Waals surface area contributed by atoms with Gasteiger partial charge >= 0.3 is 0 Å². The lowest BCUT2D eigenvalue weighted by molar-refractivity contribution is 0.323. The number of pyridine rings is 1. The van der Waals surface area contributed by atoms with E-state index in [9.17, 15) is 8.42 Å². The zero-order valence-electron chi connectivity index (χ0n) is 12.0. The van der Waals surface area contributed by atoms with Gasteiger partial charge in [-0.15, -0.1) is 0 Å². The molecule has 0 atom stereocenters. The molecule has 7 heteroatoms. The SMILES string of the molecule is CCOc1ncccc1CN=C1NS(=O)(=O)c2ccccc21. The fraction of sp³-hybridized carbons (Fsp3) is 0.200. The van der Waals surface area contributed by atoms with Crippen LogP contribution in [0.15, 0.2) is 52.5 Å². The second kappa shape index (κ2) is 5.76. The van der Waals surface area contributed by atoms with Crippen molar-refractivity contribution in [1.29, 1.82) is 0 Å². The Bertz CT molecular complexity index is 831. The molecular formula is C15H15N3O3S. The van der Waals surface area contributed by atoms with E-state index in [-0.39, 0.29) is 11.4 Å². The summed E-state index contributed by atoms with van der Waals surface area (Å²) in [4.78, 5) is 8.79. The molecule has 2 heterocycles. The minimum atomic E-state index is -3.51. The average Bonchev–Trinajstić information content (AvgIpc) is 2.78. The van der Waals surface area contributed by atoms with Gasteiger partial charge < -0.3 is 4.74 Å². The van der Waals surface area contributed by atoms with Crippen LogP contribution in [0.5, 0.6) is 5.88 Å². The minimum Gasteiger partial charge on any atom is -0.478 e. The number of hydrogen-bond donors (Lipinski definition) is 1. The molecule has 1 aromatic carbocycles. The van der Waals surface area contributed by atoms with Gasteiger partial charge in [0.15, 0.2) is 0 Å². The predicted octanol–water partition coefficient (Wildman–Crippen LogP) is 1.72. The van der Waals surface area contributed by atoms with E-state index in [1.54, 1.807) is 36.5 Å². The van der Waals surface area contributed by atoms with E-state index in [4.69, 9.17) is 4.74 Å². The van der Waals surface area contributed by atoms with Gasteiger partial charge in [-0.1, -0.05) is 18.2 Å². The molecule has 22 heavy (non-hydrogen) atoms. The van der Waals surface area contributed by atoms with E-state index in [2.05, 4.69) is 14.7 Å². The van der Waals surface area contributed by atoms with Crippen LogP contribution in [-0.4, -0.2) is 25.8 Å². The summed E-state index contributed by atoms with van der Waals surface area (Å²) in [5.41, 5.74) is 1.39. The summed E-state index contributed by atoms with van der Waals surface area (Å²) in [6.45, 7) is 2.68. The van der Waals surface area contributed by atoms with Crippen LogP contribution < -0.4 is 9.46 Å². The molecule has 6 nitrogen and oxygen atoms in total. The van der Waals surface area contributed by atoms with Gasteiger partial charge in [0.2, 0.25) is 5.88 Å². The summed E-state index contributed by atoms with van der Waals surface area (Å²) in [5, 5.41) is 0. The van der Waals surface area contributed by atoms with Gasteiger partial charge in [0, 0.05) is 17.3 Å². The monoisotopic (exact) mass is 317 g/mol. The smallest absolute Gasteiger partial charge is 0.263 e. The maximum atomic E-state index is 12.0. The van der Waals surface area contributed by atoms with Crippen molar-refractivity contribution in [3.63, 3.8) is 0 Å². The van der Waals surface area contributed by atoms with Crippen molar-refractivity contribution >= 4 is 15.9 Å². The Labute approximate surface area is 128 Å². The zero-order valence-corrected chi connectivity index (χ0v) is 12.8. The Morgan fingerprint density at radius 2 is 2.05 bits per heavy atom. The number of nitrogens with one attached hydrogen (secondary N) is 1. The lowest BCUT2D eigenvalue weighted by atomic mass is 10.2. The molecule has 0 spiro atoms. The van der Waals surface area contributed by atoms with Crippen LogP contribution in [-0.2, 0) is 16.6 Å². The number of sulfonamides is 1. The fourth-order valence-corrected chi connectivity index (χ4v) is 3.48. The molecule has 3 rings (SSSR count). The lowest BCUT2D eigenvalue weighted by Gasteiger charge is -2.06. The van der Waals surface area contributed by atoms with Crippen molar-refractivity contribution in [2.75, 3.05) is 6.61 Å². The molecule has 0 saturated heterocycles. The van der Waals surface area contributed by atoms with Crippen molar-refractivity contribution in [2.24, 2.45) is 4.99 Å². The molecule has 0 fully saturated rings. The van der Waals surface area contributed by atoms with E-state index < -0.39 is 10.0 Å². The highest BCUT2D eigenvalue weighted by Gasteiger charge is 2.30. The molecule has 0 bridgehead atoms. The molecule has 0 amide bonds. The molecule has 1 aliphatic rings. The first kappa shape index (κ1) is 14.5. The minimum absolute atomic E-state index is 0.255. The number of hydrogen-bond acceptors (Lipinski definition) is 5. The van der Waals surface area contributed by atoms with Gasteiger partial charge in [-0.05, 0) is 25.1 Å². The molecule has 0 aliphatic carbocycles. The highest BCUT2D eigenvalue weighted by Crippen LogP contribution is 2.23. The normalized spacial score (nSPS) is 17.0. The van der Waals surface area contributed by atoms with E-state index >= 15 is 0 Å². The number of ether oxygens (including phenoxy) is 1.